The van der Waals surface area contributed by atoms with E-state index >= 15 is 0 Å². The molecule has 0 spiro atoms. The van der Waals surface area contributed by atoms with Crippen LogP contribution in [0.5, 0.6) is 11.5 Å². The third-order valence-corrected chi connectivity index (χ3v) is 3.54. The van der Waals surface area contributed by atoms with E-state index in [4.69, 9.17) is 9.47 Å². The van der Waals surface area contributed by atoms with E-state index in [0.29, 0.717) is 18.1 Å². The number of ether oxygens (including phenoxy) is 2. The predicted octanol–water partition coefficient (Wildman–Crippen LogP) is 3.00. The minimum Gasteiger partial charge on any atom is -0.489 e. The van der Waals surface area contributed by atoms with Crippen molar-refractivity contribution in [2.24, 2.45) is 7.05 Å². The summed E-state index contributed by atoms with van der Waals surface area (Å²) in [4.78, 5) is 12.1. The summed E-state index contributed by atoms with van der Waals surface area (Å²) < 4.78 is 14.4. The van der Waals surface area contributed by atoms with E-state index in [-0.39, 0.29) is 11.7 Å². The minimum atomic E-state index is -0.483. The van der Waals surface area contributed by atoms with E-state index in [0.717, 1.165) is 5.56 Å². The van der Waals surface area contributed by atoms with Crippen molar-refractivity contribution in [3.63, 3.8) is 0 Å². The summed E-state index contributed by atoms with van der Waals surface area (Å²) in [6, 6.07) is 8.73. The number of nitrogens with zero attached hydrogens (tertiary/aromatic N) is 4. The van der Waals surface area contributed by atoms with Crippen LogP contribution < -0.4 is 9.47 Å². The Morgan fingerprint density at radius 2 is 1.88 bits per heavy atom. The van der Waals surface area contributed by atoms with Crippen LogP contribution in [0.4, 0.5) is 0 Å². The topological polar surface area (TPSA) is 71.2 Å². The SMILES string of the molecule is CC(C)n1ccc(C(=O)Oc2ccc(OCc3cnn(C)c3)cc2)n1. The summed E-state index contributed by atoms with van der Waals surface area (Å²) in [5, 5.41) is 8.29. The van der Waals surface area contributed by atoms with Gasteiger partial charge in [-0.15, -0.1) is 0 Å². The van der Waals surface area contributed by atoms with E-state index in [1.807, 2.05) is 27.1 Å². The highest BCUT2D eigenvalue weighted by atomic mass is 16.5. The molecule has 2 aromatic heterocycles. The summed E-state index contributed by atoms with van der Waals surface area (Å²) in [6.45, 7) is 4.41. The van der Waals surface area contributed by atoms with Crippen LogP contribution in [0.25, 0.3) is 0 Å². The van der Waals surface area contributed by atoms with Crippen molar-refractivity contribution in [2.75, 3.05) is 0 Å². The highest BCUT2D eigenvalue weighted by Crippen LogP contribution is 2.19. The maximum absolute atomic E-state index is 12.1. The number of esters is 1. The lowest BCUT2D eigenvalue weighted by Crippen LogP contribution is -2.11. The number of hydrogen-bond donors (Lipinski definition) is 0. The van der Waals surface area contributed by atoms with Gasteiger partial charge in [-0.2, -0.15) is 10.2 Å². The molecule has 0 atom stereocenters. The fourth-order valence-electron chi connectivity index (χ4n) is 2.21. The third kappa shape index (κ3) is 4.26. The van der Waals surface area contributed by atoms with Crippen LogP contribution in [0.1, 0.15) is 35.9 Å². The molecular formula is C18H20N4O3. The monoisotopic (exact) mass is 340 g/mol. The molecule has 7 nitrogen and oxygen atoms in total. The molecule has 0 radical (unpaired) electrons. The van der Waals surface area contributed by atoms with Gasteiger partial charge in [-0.1, -0.05) is 0 Å². The van der Waals surface area contributed by atoms with Gasteiger partial charge in [0.1, 0.15) is 18.1 Å². The first-order valence-corrected chi connectivity index (χ1v) is 7.99. The van der Waals surface area contributed by atoms with Gasteiger partial charge >= 0.3 is 5.97 Å². The Morgan fingerprint density at radius 1 is 1.16 bits per heavy atom. The lowest BCUT2D eigenvalue weighted by Gasteiger charge is -2.07. The molecular weight excluding hydrogens is 320 g/mol. The van der Waals surface area contributed by atoms with Crippen LogP contribution in [-0.4, -0.2) is 25.5 Å². The van der Waals surface area contributed by atoms with Gasteiger partial charge in [-0.25, -0.2) is 4.79 Å². The summed E-state index contributed by atoms with van der Waals surface area (Å²) in [7, 11) is 1.86. The Kier molecular flexibility index (Phi) is 4.83. The van der Waals surface area contributed by atoms with Gasteiger partial charge in [0.2, 0.25) is 0 Å². The molecule has 0 fully saturated rings. The number of carbonyl (C=O) groups excluding carboxylic acids is 1. The zero-order valence-electron chi connectivity index (χ0n) is 14.4. The first-order valence-electron chi connectivity index (χ1n) is 7.99. The van der Waals surface area contributed by atoms with E-state index in [1.54, 1.807) is 52.1 Å². The molecule has 2 heterocycles. The molecule has 0 N–H and O–H groups in total. The Labute approximate surface area is 145 Å². The quantitative estimate of drug-likeness (QED) is 0.509. The normalized spacial score (nSPS) is 10.9. The van der Waals surface area contributed by atoms with Crippen molar-refractivity contribution in [1.82, 2.24) is 19.6 Å². The standard InChI is InChI=1S/C18H20N4O3/c1-13(2)22-9-8-17(20-22)18(23)25-16-6-4-15(5-7-16)24-12-14-10-19-21(3)11-14/h4-11,13H,12H2,1-3H3. The number of aromatic nitrogens is 4. The number of carbonyl (C=O) groups is 1. The molecule has 0 aliphatic carbocycles. The van der Waals surface area contributed by atoms with Crippen LogP contribution >= 0.6 is 0 Å². The molecule has 0 aliphatic heterocycles. The van der Waals surface area contributed by atoms with E-state index < -0.39 is 5.97 Å². The molecule has 3 rings (SSSR count). The van der Waals surface area contributed by atoms with Crippen LogP contribution in [0, 0.1) is 0 Å². The maximum atomic E-state index is 12.1. The highest BCUT2D eigenvalue weighted by Gasteiger charge is 2.13. The zero-order chi connectivity index (χ0) is 17.8. The molecule has 0 unspecified atom stereocenters. The van der Waals surface area contributed by atoms with Crippen molar-refractivity contribution >= 4 is 5.97 Å². The third-order valence-electron chi connectivity index (χ3n) is 3.54. The van der Waals surface area contributed by atoms with Crippen molar-refractivity contribution < 1.29 is 14.3 Å². The van der Waals surface area contributed by atoms with Crippen LogP contribution in [0.3, 0.4) is 0 Å². The van der Waals surface area contributed by atoms with Gasteiger partial charge in [0.15, 0.2) is 5.69 Å². The van der Waals surface area contributed by atoms with Gasteiger partial charge in [-0.3, -0.25) is 9.36 Å². The molecule has 0 aliphatic rings. The molecule has 130 valence electrons. The Balaban J connectivity index is 1.57. The average molecular weight is 340 g/mol. The van der Waals surface area contributed by atoms with Crippen molar-refractivity contribution in [3.05, 3.63) is 60.2 Å². The summed E-state index contributed by atoms with van der Waals surface area (Å²) >= 11 is 0. The lowest BCUT2D eigenvalue weighted by atomic mass is 10.3. The maximum Gasteiger partial charge on any atom is 0.364 e. The minimum absolute atomic E-state index is 0.192. The molecule has 7 heteroatoms. The molecule has 1 aromatic carbocycles. The number of aryl methyl sites for hydroxylation is 1. The van der Waals surface area contributed by atoms with E-state index in [2.05, 4.69) is 10.2 Å². The van der Waals surface area contributed by atoms with Crippen LogP contribution in [0.15, 0.2) is 48.9 Å². The molecule has 0 amide bonds. The molecule has 25 heavy (non-hydrogen) atoms. The van der Waals surface area contributed by atoms with Gasteiger partial charge in [-0.05, 0) is 44.2 Å². The molecule has 0 saturated carbocycles. The second kappa shape index (κ2) is 7.21. The van der Waals surface area contributed by atoms with Crippen LogP contribution in [0.2, 0.25) is 0 Å². The Morgan fingerprint density at radius 3 is 2.48 bits per heavy atom. The van der Waals surface area contributed by atoms with Crippen molar-refractivity contribution in [3.8, 4) is 11.5 Å². The van der Waals surface area contributed by atoms with Crippen LogP contribution in [-0.2, 0) is 13.7 Å². The summed E-state index contributed by atoms with van der Waals surface area (Å²) in [5.41, 5.74) is 1.27. The lowest BCUT2D eigenvalue weighted by molar-refractivity contribution is 0.0727. The van der Waals surface area contributed by atoms with E-state index in [1.165, 1.54) is 0 Å². The average Bonchev–Trinajstić information content (AvgIpc) is 3.23. The first kappa shape index (κ1) is 16.8. The van der Waals surface area contributed by atoms with Gasteiger partial charge in [0.25, 0.3) is 0 Å². The predicted molar refractivity (Wildman–Crippen MR) is 91.6 cm³/mol. The van der Waals surface area contributed by atoms with Gasteiger partial charge in [0, 0.05) is 31.0 Å². The largest absolute Gasteiger partial charge is 0.489 e. The summed E-state index contributed by atoms with van der Waals surface area (Å²) in [5.74, 6) is 0.647. The van der Waals surface area contributed by atoms with Crippen molar-refractivity contribution in [2.45, 2.75) is 26.5 Å². The Hall–Kier alpha value is -3.09. The van der Waals surface area contributed by atoms with E-state index in [9.17, 15) is 4.79 Å². The number of benzene rings is 1. The molecule has 3 aromatic rings. The van der Waals surface area contributed by atoms with Crippen molar-refractivity contribution in [1.29, 1.82) is 0 Å². The van der Waals surface area contributed by atoms with Gasteiger partial charge in [0.05, 0.1) is 6.20 Å². The fraction of sp³-hybridized carbons (Fsp3) is 0.278. The highest BCUT2D eigenvalue weighted by molar-refractivity contribution is 5.88. The number of hydrogen-bond acceptors (Lipinski definition) is 5. The van der Waals surface area contributed by atoms with Gasteiger partial charge < -0.3 is 9.47 Å². The second-order valence-electron chi connectivity index (χ2n) is 5.95. The Bertz CT molecular complexity index is 849. The second-order valence-corrected chi connectivity index (χ2v) is 5.95. The fourth-order valence-corrected chi connectivity index (χ4v) is 2.21. The molecule has 0 saturated heterocycles. The first-order chi connectivity index (χ1) is 12.0. The smallest absolute Gasteiger partial charge is 0.364 e. The zero-order valence-corrected chi connectivity index (χ0v) is 14.4. The summed E-state index contributed by atoms with van der Waals surface area (Å²) in [6.07, 6.45) is 5.41. The number of rotatable bonds is 6. The molecule has 0 bridgehead atoms.